The summed E-state index contributed by atoms with van der Waals surface area (Å²) < 4.78 is 13.5. The van der Waals surface area contributed by atoms with E-state index in [0.29, 0.717) is 10.9 Å². The molecule has 3 rings (SSSR count). The Balaban J connectivity index is 2.25. The quantitative estimate of drug-likeness (QED) is 0.765. The number of benzene rings is 2. The summed E-state index contributed by atoms with van der Waals surface area (Å²) in [5, 5.41) is 9.74. The lowest BCUT2D eigenvalue weighted by molar-refractivity contribution is -0.136. The molecule has 0 bridgehead atoms. The van der Waals surface area contributed by atoms with Crippen molar-refractivity contribution < 1.29 is 14.3 Å². The van der Waals surface area contributed by atoms with Crippen LogP contribution in [0.25, 0.3) is 22.2 Å². The molecule has 0 saturated heterocycles. The van der Waals surface area contributed by atoms with Crippen LogP contribution in [-0.4, -0.2) is 16.1 Å². The number of carbonyl (C=O) groups is 1. The molecule has 2 N–H and O–H groups in total. The fraction of sp³-hybridized carbons (Fsp3) is 0.118. The highest BCUT2D eigenvalue weighted by molar-refractivity contribution is 5.93. The maximum absolute atomic E-state index is 13.5. The molecular weight excluding hydrogens is 269 g/mol. The van der Waals surface area contributed by atoms with Crippen LogP contribution in [0, 0.1) is 12.7 Å². The van der Waals surface area contributed by atoms with Crippen molar-refractivity contribution in [3.05, 3.63) is 59.4 Å². The lowest BCUT2D eigenvalue weighted by atomic mass is 10.0. The van der Waals surface area contributed by atoms with E-state index in [0.717, 1.165) is 22.3 Å². The highest BCUT2D eigenvalue weighted by Crippen LogP contribution is 2.31. The first-order valence-corrected chi connectivity index (χ1v) is 6.63. The summed E-state index contributed by atoms with van der Waals surface area (Å²) in [5.41, 5.74) is 4.11. The number of nitrogens with one attached hydrogen (secondary N) is 1. The molecule has 106 valence electrons. The third-order valence-electron chi connectivity index (χ3n) is 3.54. The normalized spacial score (nSPS) is 11.0. The summed E-state index contributed by atoms with van der Waals surface area (Å²) in [6.45, 7) is 1.99. The monoisotopic (exact) mass is 283 g/mol. The standard InChI is InChI=1S/C17H14FNO2/c1-10-2-4-11(5-3-10)17-14(9-16(20)21)13-8-12(18)6-7-15(13)19-17/h2-8,19H,9H2,1H3,(H,20,21). The summed E-state index contributed by atoms with van der Waals surface area (Å²) in [7, 11) is 0. The predicted molar refractivity (Wildman–Crippen MR) is 79.8 cm³/mol. The summed E-state index contributed by atoms with van der Waals surface area (Å²) in [6.07, 6.45) is -0.146. The topological polar surface area (TPSA) is 53.1 Å². The van der Waals surface area contributed by atoms with Gasteiger partial charge in [-0.15, -0.1) is 0 Å². The van der Waals surface area contributed by atoms with Gasteiger partial charge in [0.2, 0.25) is 0 Å². The van der Waals surface area contributed by atoms with Gasteiger partial charge in [0.05, 0.1) is 12.1 Å². The number of hydrogen-bond acceptors (Lipinski definition) is 1. The van der Waals surface area contributed by atoms with E-state index in [1.165, 1.54) is 12.1 Å². The second kappa shape index (κ2) is 5.05. The van der Waals surface area contributed by atoms with Gasteiger partial charge in [-0.05, 0) is 36.2 Å². The van der Waals surface area contributed by atoms with Gasteiger partial charge in [-0.1, -0.05) is 29.8 Å². The Morgan fingerprint density at radius 3 is 2.57 bits per heavy atom. The van der Waals surface area contributed by atoms with Crippen LogP contribution in [0.15, 0.2) is 42.5 Å². The number of aliphatic carboxylic acids is 1. The van der Waals surface area contributed by atoms with Crippen LogP contribution in [0.4, 0.5) is 4.39 Å². The van der Waals surface area contributed by atoms with Crippen LogP contribution >= 0.6 is 0 Å². The first-order valence-electron chi connectivity index (χ1n) is 6.63. The number of fused-ring (bicyclic) bond motifs is 1. The molecule has 0 radical (unpaired) electrons. The number of carboxylic acid groups (broad SMARTS) is 1. The molecule has 0 fully saturated rings. The fourth-order valence-electron chi connectivity index (χ4n) is 2.52. The molecule has 0 aliphatic heterocycles. The zero-order valence-corrected chi connectivity index (χ0v) is 11.5. The number of carboxylic acids is 1. The number of rotatable bonds is 3. The zero-order chi connectivity index (χ0) is 15.0. The maximum Gasteiger partial charge on any atom is 0.307 e. The first-order chi connectivity index (χ1) is 10.0. The number of hydrogen-bond donors (Lipinski definition) is 2. The van der Waals surface area contributed by atoms with Gasteiger partial charge >= 0.3 is 5.97 Å². The van der Waals surface area contributed by atoms with Gasteiger partial charge in [0.25, 0.3) is 0 Å². The Kier molecular flexibility index (Phi) is 3.22. The van der Waals surface area contributed by atoms with Gasteiger partial charge in [0, 0.05) is 10.9 Å². The molecule has 1 aromatic heterocycles. The molecule has 0 amide bonds. The minimum Gasteiger partial charge on any atom is -0.481 e. The molecule has 4 heteroatoms. The van der Waals surface area contributed by atoms with Gasteiger partial charge in [0.1, 0.15) is 5.82 Å². The molecule has 3 aromatic rings. The van der Waals surface area contributed by atoms with Crippen LogP contribution in [-0.2, 0) is 11.2 Å². The van der Waals surface area contributed by atoms with E-state index in [1.807, 2.05) is 31.2 Å². The SMILES string of the molecule is Cc1ccc(-c2[nH]c3ccc(F)cc3c2CC(=O)O)cc1. The summed E-state index contributed by atoms with van der Waals surface area (Å²) in [4.78, 5) is 14.3. The summed E-state index contributed by atoms with van der Waals surface area (Å²) in [5.74, 6) is -1.31. The summed E-state index contributed by atoms with van der Waals surface area (Å²) in [6, 6.07) is 12.2. The number of aromatic nitrogens is 1. The van der Waals surface area contributed by atoms with Crippen molar-refractivity contribution in [1.29, 1.82) is 0 Å². The smallest absolute Gasteiger partial charge is 0.307 e. The highest BCUT2D eigenvalue weighted by atomic mass is 19.1. The molecule has 0 atom stereocenters. The van der Waals surface area contributed by atoms with E-state index in [4.69, 9.17) is 5.11 Å². The van der Waals surface area contributed by atoms with Gasteiger partial charge in [-0.2, -0.15) is 0 Å². The van der Waals surface area contributed by atoms with Crippen molar-refractivity contribution in [2.45, 2.75) is 13.3 Å². The van der Waals surface area contributed by atoms with Crippen LogP contribution in [0.1, 0.15) is 11.1 Å². The Bertz CT molecular complexity index is 819. The van der Waals surface area contributed by atoms with Crippen molar-refractivity contribution in [3.8, 4) is 11.3 Å². The van der Waals surface area contributed by atoms with Crippen molar-refractivity contribution >= 4 is 16.9 Å². The van der Waals surface area contributed by atoms with Crippen molar-refractivity contribution in [1.82, 2.24) is 4.98 Å². The van der Waals surface area contributed by atoms with Crippen LogP contribution in [0.5, 0.6) is 0 Å². The van der Waals surface area contributed by atoms with E-state index >= 15 is 0 Å². The van der Waals surface area contributed by atoms with Gasteiger partial charge in [-0.25, -0.2) is 4.39 Å². The molecule has 0 saturated carbocycles. The van der Waals surface area contributed by atoms with Gasteiger partial charge in [-0.3, -0.25) is 4.79 Å². The third-order valence-corrected chi connectivity index (χ3v) is 3.54. The molecule has 0 spiro atoms. The molecule has 3 nitrogen and oxygen atoms in total. The van der Waals surface area contributed by atoms with Crippen LogP contribution in [0.3, 0.4) is 0 Å². The predicted octanol–water partition coefficient (Wildman–Crippen LogP) is 3.91. The lowest BCUT2D eigenvalue weighted by Crippen LogP contribution is -2.01. The van der Waals surface area contributed by atoms with Crippen molar-refractivity contribution in [2.75, 3.05) is 0 Å². The Morgan fingerprint density at radius 2 is 1.90 bits per heavy atom. The number of H-pyrrole nitrogens is 1. The molecular formula is C17H14FNO2. The van der Waals surface area contributed by atoms with Gasteiger partial charge in [0.15, 0.2) is 0 Å². The minimum atomic E-state index is -0.937. The third kappa shape index (κ3) is 2.52. The second-order valence-corrected chi connectivity index (χ2v) is 5.10. The molecule has 0 aliphatic rings. The Morgan fingerprint density at radius 1 is 1.19 bits per heavy atom. The molecule has 0 aliphatic carbocycles. The molecule has 1 heterocycles. The van der Waals surface area contributed by atoms with Crippen molar-refractivity contribution in [3.63, 3.8) is 0 Å². The zero-order valence-electron chi connectivity index (χ0n) is 11.5. The van der Waals surface area contributed by atoms with E-state index in [2.05, 4.69) is 4.98 Å². The van der Waals surface area contributed by atoms with Crippen molar-refractivity contribution in [2.24, 2.45) is 0 Å². The fourth-order valence-corrected chi connectivity index (χ4v) is 2.52. The molecule has 0 unspecified atom stereocenters. The van der Waals surface area contributed by atoms with E-state index in [1.54, 1.807) is 6.07 Å². The molecule has 2 aromatic carbocycles. The second-order valence-electron chi connectivity index (χ2n) is 5.10. The van der Waals surface area contributed by atoms with Crippen LogP contribution in [0.2, 0.25) is 0 Å². The number of aromatic amines is 1. The Labute approximate surface area is 121 Å². The maximum atomic E-state index is 13.5. The van der Waals surface area contributed by atoms with E-state index in [-0.39, 0.29) is 12.2 Å². The highest BCUT2D eigenvalue weighted by Gasteiger charge is 2.16. The number of halogens is 1. The molecule has 21 heavy (non-hydrogen) atoms. The van der Waals surface area contributed by atoms with E-state index in [9.17, 15) is 9.18 Å². The largest absolute Gasteiger partial charge is 0.481 e. The van der Waals surface area contributed by atoms with E-state index < -0.39 is 5.97 Å². The first kappa shape index (κ1) is 13.4. The van der Waals surface area contributed by atoms with Gasteiger partial charge < -0.3 is 10.1 Å². The lowest BCUT2D eigenvalue weighted by Gasteiger charge is -2.03. The number of aryl methyl sites for hydroxylation is 1. The average molecular weight is 283 g/mol. The minimum absolute atomic E-state index is 0.146. The Hall–Kier alpha value is -2.62. The summed E-state index contributed by atoms with van der Waals surface area (Å²) >= 11 is 0. The van der Waals surface area contributed by atoms with Crippen LogP contribution < -0.4 is 0 Å². The average Bonchev–Trinajstić information content (AvgIpc) is 2.77.